The van der Waals surface area contributed by atoms with Gasteiger partial charge in [0.25, 0.3) is 0 Å². The Hall–Kier alpha value is -2.28. The van der Waals surface area contributed by atoms with Gasteiger partial charge in [0.05, 0.1) is 10.6 Å². The number of carbonyl (C=O) groups excluding carboxylic acids is 1. The van der Waals surface area contributed by atoms with Gasteiger partial charge in [-0.2, -0.15) is 13.2 Å². The molecule has 2 rings (SSSR count). The summed E-state index contributed by atoms with van der Waals surface area (Å²) in [7, 11) is 0. The van der Waals surface area contributed by atoms with Gasteiger partial charge in [-0.05, 0) is 30.3 Å². The van der Waals surface area contributed by atoms with Crippen LogP contribution in [0, 0.1) is 5.92 Å². The maximum atomic E-state index is 12.6. The van der Waals surface area contributed by atoms with E-state index in [0.29, 0.717) is 17.6 Å². The number of amides is 1. The topological polar surface area (TPSA) is 54.0 Å². The van der Waals surface area contributed by atoms with E-state index >= 15 is 0 Å². The Balaban J connectivity index is 2.10. The SMILES string of the molecule is CC(C)C(=O)Nc1ccc(Nc2ncc(C(F)(F)F)cc2Cl)cc1. The summed E-state index contributed by atoms with van der Waals surface area (Å²) in [4.78, 5) is 15.3. The van der Waals surface area contributed by atoms with Crippen LogP contribution in [0.1, 0.15) is 19.4 Å². The summed E-state index contributed by atoms with van der Waals surface area (Å²) in [5.41, 5.74) is 0.280. The molecule has 1 aromatic carbocycles. The van der Waals surface area contributed by atoms with Gasteiger partial charge in [0.2, 0.25) is 5.91 Å². The molecule has 0 bridgehead atoms. The molecule has 0 saturated heterocycles. The Bertz CT molecular complexity index is 730. The first-order valence-corrected chi connectivity index (χ1v) is 7.45. The number of carbonyl (C=O) groups is 1. The number of nitrogens with zero attached hydrogens (tertiary/aromatic N) is 1. The number of nitrogens with one attached hydrogen (secondary N) is 2. The van der Waals surface area contributed by atoms with Gasteiger partial charge in [-0.3, -0.25) is 4.79 Å². The van der Waals surface area contributed by atoms with E-state index in [1.807, 2.05) is 0 Å². The molecule has 2 aromatic rings. The van der Waals surface area contributed by atoms with Crippen LogP contribution in [0.15, 0.2) is 36.5 Å². The molecule has 0 atom stereocenters. The average molecular weight is 358 g/mol. The second-order valence-corrected chi connectivity index (χ2v) is 5.81. The van der Waals surface area contributed by atoms with Gasteiger partial charge in [-0.15, -0.1) is 0 Å². The third-order valence-corrected chi connectivity index (χ3v) is 3.40. The number of halogens is 4. The molecule has 1 amide bonds. The lowest BCUT2D eigenvalue weighted by Gasteiger charge is -2.12. The molecular weight excluding hydrogens is 343 g/mol. The van der Waals surface area contributed by atoms with E-state index in [-0.39, 0.29) is 22.7 Å². The number of rotatable bonds is 4. The maximum Gasteiger partial charge on any atom is 0.417 e. The zero-order valence-corrected chi connectivity index (χ0v) is 13.7. The molecule has 0 unspecified atom stereocenters. The minimum Gasteiger partial charge on any atom is -0.339 e. The fourth-order valence-corrected chi connectivity index (χ4v) is 1.96. The zero-order chi connectivity index (χ0) is 17.9. The number of aromatic nitrogens is 1. The largest absolute Gasteiger partial charge is 0.417 e. The summed E-state index contributed by atoms with van der Waals surface area (Å²) in [5, 5.41) is 5.43. The van der Waals surface area contributed by atoms with Crippen molar-refractivity contribution in [3.8, 4) is 0 Å². The number of pyridine rings is 1. The van der Waals surface area contributed by atoms with Crippen molar-refractivity contribution in [3.63, 3.8) is 0 Å². The predicted octanol–water partition coefficient (Wildman–Crippen LogP) is 5.09. The van der Waals surface area contributed by atoms with Gasteiger partial charge in [0.1, 0.15) is 5.82 Å². The van der Waals surface area contributed by atoms with E-state index in [0.717, 1.165) is 6.07 Å². The third kappa shape index (κ3) is 4.61. The van der Waals surface area contributed by atoms with Crippen molar-refractivity contribution in [2.45, 2.75) is 20.0 Å². The normalized spacial score (nSPS) is 11.5. The minimum atomic E-state index is -4.49. The van der Waals surface area contributed by atoms with Crippen molar-refractivity contribution in [3.05, 3.63) is 47.1 Å². The molecule has 0 aliphatic heterocycles. The van der Waals surface area contributed by atoms with Crippen LogP contribution in [0.5, 0.6) is 0 Å². The lowest BCUT2D eigenvalue weighted by atomic mass is 10.2. The molecular formula is C16H15ClF3N3O. The molecule has 0 spiro atoms. The van der Waals surface area contributed by atoms with Crippen LogP contribution < -0.4 is 10.6 Å². The van der Waals surface area contributed by atoms with E-state index in [2.05, 4.69) is 15.6 Å². The molecule has 1 heterocycles. The molecule has 128 valence electrons. The van der Waals surface area contributed by atoms with E-state index in [9.17, 15) is 18.0 Å². The zero-order valence-electron chi connectivity index (χ0n) is 12.9. The number of anilines is 3. The van der Waals surface area contributed by atoms with Crippen molar-refractivity contribution in [1.29, 1.82) is 0 Å². The van der Waals surface area contributed by atoms with Crippen LogP contribution in [0.2, 0.25) is 5.02 Å². The van der Waals surface area contributed by atoms with Crippen LogP contribution in [0.25, 0.3) is 0 Å². The Labute approximate surface area is 142 Å². The van der Waals surface area contributed by atoms with Crippen LogP contribution in [0.3, 0.4) is 0 Å². The highest BCUT2D eigenvalue weighted by Crippen LogP contribution is 2.33. The lowest BCUT2D eigenvalue weighted by molar-refractivity contribution is -0.137. The molecule has 8 heteroatoms. The Morgan fingerprint density at radius 1 is 1.17 bits per heavy atom. The average Bonchev–Trinajstić information content (AvgIpc) is 2.50. The first kappa shape index (κ1) is 18.1. The fourth-order valence-electron chi connectivity index (χ4n) is 1.75. The van der Waals surface area contributed by atoms with Gasteiger partial charge in [-0.1, -0.05) is 25.4 Å². The van der Waals surface area contributed by atoms with Crippen LogP contribution >= 0.6 is 11.6 Å². The summed E-state index contributed by atoms with van der Waals surface area (Å²) in [6, 6.07) is 7.46. The van der Waals surface area contributed by atoms with E-state index < -0.39 is 11.7 Å². The van der Waals surface area contributed by atoms with Crippen molar-refractivity contribution in [1.82, 2.24) is 4.98 Å². The Morgan fingerprint density at radius 3 is 2.25 bits per heavy atom. The molecule has 2 N–H and O–H groups in total. The number of benzene rings is 1. The summed E-state index contributed by atoms with van der Waals surface area (Å²) in [5.74, 6) is -0.134. The van der Waals surface area contributed by atoms with Crippen molar-refractivity contribution < 1.29 is 18.0 Å². The first-order chi connectivity index (χ1) is 11.2. The van der Waals surface area contributed by atoms with E-state index in [4.69, 9.17) is 11.6 Å². The van der Waals surface area contributed by atoms with Crippen LogP contribution in [-0.4, -0.2) is 10.9 Å². The van der Waals surface area contributed by atoms with Gasteiger partial charge in [-0.25, -0.2) is 4.98 Å². The molecule has 24 heavy (non-hydrogen) atoms. The molecule has 0 saturated carbocycles. The smallest absolute Gasteiger partial charge is 0.339 e. The fraction of sp³-hybridized carbons (Fsp3) is 0.250. The predicted molar refractivity (Wildman–Crippen MR) is 87.4 cm³/mol. The summed E-state index contributed by atoms with van der Waals surface area (Å²) in [6.45, 7) is 3.56. The van der Waals surface area contributed by atoms with Crippen LogP contribution in [0.4, 0.5) is 30.4 Å². The summed E-state index contributed by atoms with van der Waals surface area (Å²) >= 11 is 5.84. The van der Waals surface area contributed by atoms with Gasteiger partial charge >= 0.3 is 6.18 Å². The van der Waals surface area contributed by atoms with E-state index in [1.54, 1.807) is 38.1 Å². The highest BCUT2D eigenvalue weighted by molar-refractivity contribution is 6.33. The lowest BCUT2D eigenvalue weighted by Crippen LogP contribution is -2.17. The number of hydrogen-bond donors (Lipinski definition) is 2. The monoisotopic (exact) mass is 357 g/mol. The van der Waals surface area contributed by atoms with Crippen molar-refractivity contribution in [2.24, 2.45) is 5.92 Å². The van der Waals surface area contributed by atoms with Crippen LogP contribution in [-0.2, 0) is 11.0 Å². The number of alkyl halides is 3. The Kier molecular flexibility index (Phi) is 5.33. The van der Waals surface area contributed by atoms with Gasteiger partial charge in [0, 0.05) is 23.5 Å². The third-order valence-electron chi connectivity index (χ3n) is 3.11. The van der Waals surface area contributed by atoms with Crippen molar-refractivity contribution in [2.75, 3.05) is 10.6 Å². The van der Waals surface area contributed by atoms with Gasteiger partial charge < -0.3 is 10.6 Å². The molecule has 0 radical (unpaired) electrons. The molecule has 0 fully saturated rings. The summed E-state index contributed by atoms with van der Waals surface area (Å²) < 4.78 is 37.7. The first-order valence-electron chi connectivity index (χ1n) is 7.07. The molecule has 4 nitrogen and oxygen atoms in total. The molecule has 0 aliphatic carbocycles. The highest BCUT2D eigenvalue weighted by atomic mass is 35.5. The molecule has 1 aromatic heterocycles. The highest BCUT2D eigenvalue weighted by Gasteiger charge is 2.31. The summed E-state index contributed by atoms with van der Waals surface area (Å²) in [6.07, 6.45) is -3.78. The minimum absolute atomic E-state index is 0.108. The maximum absolute atomic E-state index is 12.6. The standard InChI is InChI=1S/C16H15ClF3N3O/c1-9(2)15(24)23-12-5-3-11(4-6-12)22-14-13(17)7-10(8-21-14)16(18,19)20/h3-9H,1-2H3,(H,21,22)(H,23,24). The van der Waals surface area contributed by atoms with E-state index in [1.165, 1.54) is 0 Å². The van der Waals surface area contributed by atoms with Gasteiger partial charge in [0.15, 0.2) is 0 Å². The number of hydrogen-bond acceptors (Lipinski definition) is 3. The second kappa shape index (κ2) is 7.09. The molecule has 0 aliphatic rings. The Morgan fingerprint density at radius 2 is 1.75 bits per heavy atom. The van der Waals surface area contributed by atoms with Crippen molar-refractivity contribution >= 4 is 34.7 Å². The quantitative estimate of drug-likeness (QED) is 0.801. The second-order valence-electron chi connectivity index (χ2n) is 5.40.